The van der Waals surface area contributed by atoms with Crippen LogP contribution in [0.25, 0.3) is 0 Å². The molecule has 6 heteroatoms. The highest BCUT2D eigenvalue weighted by Crippen LogP contribution is 2.01. The number of aryl methyl sites for hydroxylation is 1. The second-order valence-corrected chi connectivity index (χ2v) is 4.62. The Morgan fingerprint density at radius 3 is 2.81 bits per heavy atom. The largest absolute Gasteiger partial charge is 0.352 e. The van der Waals surface area contributed by atoms with Crippen LogP contribution in [0.1, 0.15) is 19.7 Å². The zero-order chi connectivity index (χ0) is 12.3. The van der Waals surface area contributed by atoms with Crippen molar-refractivity contribution in [3.05, 3.63) is 26.8 Å². The fourth-order valence-corrected chi connectivity index (χ4v) is 1.56. The molecule has 0 radical (unpaired) electrons. The number of hydrogen-bond acceptors (Lipinski definition) is 3. The van der Waals surface area contributed by atoms with Gasteiger partial charge in [0.25, 0.3) is 5.56 Å². The third-order valence-corrected chi connectivity index (χ3v) is 2.50. The number of nitrogens with one attached hydrogen (secondary N) is 1. The summed E-state index contributed by atoms with van der Waals surface area (Å²) in [5.41, 5.74) is -0.244. The van der Waals surface area contributed by atoms with E-state index in [1.165, 1.54) is 10.8 Å². The number of hydrogen-bond donors (Lipinski definition) is 1. The van der Waals surface area contributed by atoms with Crippen molar-refractivity contribution in [2.45, 2.75) is 33.4 Å². The van der Waals surface area contributed by atoms with Crippen LogP contribution in [0.3, 0.4) is 0 Å². The lowest BCUT2D eigenvalue weighted by Crippen LogP contribution is -2.37. The molecule has 1 amide bonds. The molecule has 0 aliphatic heterocycles. The van der Waals surface area contributed by atoms with Crippen LogP contribution in [0.5, 0.6) is 0 Å². The van der Waals surface area contributed by atoms with Crippen molar-refractivity contribution in [1.29, 1.82) is 0 Å². The van der Waals surface area contributed by atoms with E-state index >= 15 is 0 Å². The standard InChI is InChI=1S/C10H14BrN3O2/c1-6(2)13-9(15)5-14-7(3)12-4-8(11)10(14)16/h4,6H,5H2,1-3H3,(H,13,15). The Hall–Kier alpha value is -1.17. The summed E-state index contributed by atoms with van der Waals surface area (Å²) in [6, 6.07) is 0.0589. The van der Waals surface area contributed by atoms with Crippen molar-refractivity contribution in [2.75, 3.05) is 0 Å². The van der Waals surface area contributed by atoms with Crippen molar-refractivity contribution in [1.82, 2.24) is 14.9 Å². The average Bonchev–Trinajstić information content (AvgIpc) is 2.17. The Morgan fingerprint density at radius 1 is 1.62 bits per heavy atom. The van der Waals surface area contributed by atoms with E-state index in [1.54, 1.807) is 6.92 Å². The molecule has 0 spiro atoms. The Balaban J connectivity index is 2.93. The summed E-state index contributed by atoms with van der Waals surface area (Å²) >= 11 is 3.09. The van der Waals surface area contributed by atoms with Gasteiger partial charge in [0.15, 0.2) is 0 Å². The van der Waals surface area contributed by atoms with E-state index in [1.807, 2.05) is 13.8 Å². The first kappa shape index (κ1) is 12.9. The zero-order valence-corrected chi connectivity index (χ0v) is 11.0. The molecule has 0 saturated carbocycles. The fraction of sp³-hybridized carbons (Fsp3) is 0.500. The van der Waals surface area contributed by atoms with Gasteiger partial charge in [-0.3, -0.25) is 14.2 Å². The first-order chi connectivity index (χ1) is 7.41. The molecule has 0 aliphatic rings. The lowest BCUT2D eigenvalue weighted by atomic mass is 10.4. The van der Waals surface area contributed by atoms with Crippen LogP contribution in [-0.2, 0) is 11.3 Å². The smallest absolute Gasteiger partial charge is 0.268 e. The average molecular weight is 288 g/mol. The van der Waals surface area contributed by atoms with Crippen molar-refractivity contribution < 1.29 is 4.79 Å². The van der Waals surface area contributed by atoms with Crippen molar-refractivity contribution in [2.24, 2.45) is 0 Å². The predicted molar refractivity (Wildman–Crippen MR) is 64.2 cm³/mol. The Labute approximate surface area is 102 Å². The van der Waals surface area contributed by atoms with E-state index in [4.69, 9.17) is 0 Å². The van der Waals surface area contributed by atoms with E-state index in [0.717, 1.165) is 0 Å². The monoisotopic (exact) mass is 287 g/mol. The lowest BCUT2D eigenvalue weighted by Gasteiger charge is -2.11. The van der Waals surface area contributed by atoms with Gasteiger partial charge >= 0.3 is 0 Å². The van der Waals surface area contributed by atoms with Gasteiger partial charge in [-0.1, -0.05) is 0 Å². The lowest BCUT2D eigenvalue weighted by molar-refractivity contribution is -0.122. The summed E-state index contributed by atoms with van der Waals surface area (Å²) in [5, 5.41) is 2.72. The van der Waals surface area contributed by atoms with Gasteiger partial charge in [0, 0.05) is 12.2 Å². The topological polar surface area (TPSA) is 64.0 Å². The number of aromatic nitrogens is 2. The molecular weight excluding hydrogens is 274 g/mol. The molecule has 0 aromatic carbocycles. The van der Waals surface area contributed by atoms with Crippen molar-refractivity contribution in [3.8, 4) is 0 Å². The van der Waals surface area contributed by atoms with Crippen LogP contribution >= 0.6 is 15.9 Å². The molecule has 1 rings (SSSR count). The molecule has 0 saturated heterocycles. The van der Waals surface area contributed by atoms with Crippen LogP contribution in [0.15, 0.2) is 15.5 Å². The number of rotatable bonds is 3. The van der Waals surface area contributed by atoms with Gasteiger partial charge in [-0.2, -0.15) is 0 Å². The molecule has 0 aliphatic carbocycles. The molecular formula is C10H14BrN3O2. The summed E-state index contributed by atoms with van der Waals surface area (Å²) in [6.45, 7) is 5.42. The summed E-state index contributed by atoms with van der Waals surface area (Å²) in [7, 11) is 0. The molecule has 5 nitrogen and oxygen atoms in total. The fourth-order valence-electron chi connectivity index (χ4n) is 1.25. The van der Waals surface area contributed by atoms with E-state index < -0.39 is 0 Å². The van der Waals surface area contributed by atoms with Crippen LogP contribution in [0.2, 0.25) is 0 Å². The summed E-state index contributed by atoms with van der Waals surface area (Å²) < 4.78 is 1.69. The third kappa shape index (κ3) is 3.16. The molecule has 0 fully saturated rings. The number of carbonyl (C=O) groups is 1. The normalized spacial score (nSPS) is 10.6. The Morgan fingerprint density at radius 2 is 2.25 bits per heavy atom. The minimum Gasteiger partial charge on any atom is -0.352 e. The molecule has 0 unspecified atom stereocenters. The second-order valence-electron chi connectivity index (χ2n) is 3.77. The minimum absolute atomic E-state index is 0.00468. The van der Waals surface area contributed by atoms with Gasteiger partial charge in [0.1, 0.15) is 16.8 Å². The number of nitrogens with zero attached hydrogens (tertiary/aromatic N) is 2. The van der Waals surface area contributed by atoms with Crippen LogP contribution in [0.4, 0.5) is 0 Å². The van der Waals surface area contributed by atoms with Crippen LogP contribution in [0, 0.1) is 6.92 Å². The molecule has 0 bridgehead atoms. The van der Waals surface area contributed by atoms with Crippen LogP contribution < -0.4 is 10.9 Å². The molecule has 16 heavy (non-hydrogen) atoms. The van der Waals surface area contributed by atoms with Gasteiger partial charge in [-0.25, -0.2) is 4.98 Å². The summed E-state index contributed by atoms with van der Waals surface area (Å²) in [5.74, 6) is 0.326. The summed E-state index contributed by atoms with van der Waals surface area (Å²) in [6.07, 6.45) is 1.44. The molecule has 1 aromatic rings. The number of carbonyl (C=O) groups excluding carboxylic acids is 1. The van der Waals surface area contributed by atoms with Gasteiger partial charge in [0.2, 0.25) is 5.91 Å². The SMILES string of the molecule is Cc1ncc(Br)c(=O)n1CC(=O)NC(C)C. The number of halogens is 1. The maximum atomic E-state index is 11.7. The Kier molecular flexibility index (Phi) is 4.23. The van der Waals surface area contributed by atoms with E-state index in [0.29, 0.717) is 10.3 Å². The van der Waals surface area contributed by atoms with E-state index in [9.17, 15) is 9.59 Å². The van der Waals surface area contributed by atoms with E-state index in [-0.39, 0.29) is 24.1 Å². The van der Waals surface area contributed by atoms with Crippen molar-refractivity contribution >= 4 is 21.8 Å². The van der Waals surface area contributed by atoms with Crippen LogP contribution in [-0.4, -0.2) is 21.5 Å². The first-order valence-electron chi connectivity index (χ1n) is 4.93. The molecule has 0 atom stereocenters. The number of amides is 1. The van der Waals surface area contributed by atoms with Gasteiger partial charge in [-0.15, -0.1) is 0 Å². The first-order valence-corrected chi connectivity index (χ1v) is 5.72. The highest BCUT2D eigenvalue weighted by atomic mass is 79.9. The quantitative estimate of drug-likeness (QED) is 0.896. The van der Waals surface area contributed by atoms with Gasteiger partial charge in [0.05, 0.1) is 0 Å². The maximum absolute atomic E-state index is 11.7. The molecule has 1 heterocycles. The zero-order valence-electron chi connectivity index (χ0n) is 9.45. The van der Waals surface area contributed by atoms with E-state index in [2.05, 4.69) is 26.2 Å². The predicted octanol–water partition coefficient (Wildman–Crippen LogP) is 0.839. The third-order valence-electron chi connectivity index (χ3n) is 1.96. The molecule has 88 valence electrons. The maximum Gasteiger partial charge on any atom is 0.268 e. The minimum atomic E-state index is -0.244. The molecule has 1 N–H and O–H groups in total. The highest BCUT2D eigenvalue weighted by molar-refractivity contribution is 9.10. The van der Waals surface area contributed by atoms with Crippen molar-refractivity contribution in [3.63, 3.8) is 0 Å². The van der Waals surface area contributed by atoms with Gasteiger partial charge < -0.3 is 5.32 Å². The Bertz CT molecular complexity index is 454. The summed E-state index contributed by atoms with van der Waals surface area (Å²) in [4.78, 5) is 27.2. The molecule has 1 aromatic heterocycles. The highest BCUT2D eigenvalue weighted by Gasteiger charge is 2.10. The van der Waals surface area contributed by atoms with Gasteiger partial charge in [-0.05, 0) is 36.7 Å². The second kappa shape index (κ2) is 5.25.